The molecule has 18 heavy (non-hydrogen) atoms. The van der Waals surface area contributed by atoms with Crippen molar-refractivity contribution in [2.24, 2.45) is 0 Å². The van der Waals surface area contributed by atoms with Crippen molar-refractivity contribution in [1.82, 2.24) is 5.32 Å². The largest absolute Gasteiger partial charge is 0.389 e. The Hall–Kier alpha value is -0.880. The van der Waals surface area contributed by atoms with Gasteiger partial charge in [-0.15, -0.1) is 0 Å². The summed E-state index contributed by atoms with van der Waals surface area (Å²) in [6.07, 6.45) is -1.89. The number of rotatable bonds is 6. The number of nitrogens with one attached hydrogen (secondary N) is 1. The van der Waals surface area contributed by atoms with Crippen molar-refractivity contribution in [2.75, 3.05) is 12.8 Å². The highest BCUT2D eigenvalue weighted by Crippen LogP contribution is 2.20. The van der Waals surface area contributed by atoms with Crippen molar-refractivity contribution in [3.05, 3.63) is 35.4 Å². The molecular weight excluding hydrogens is 250 g/mol. The van der Waals surface area contributed by atoms with Gasteiger partial charge in [0.2, 0.25) is 0 Å². The van der Waals surface area contributed by atoms with Gasteiger partial charge in [0.1, 0.15) is 6.10 Å². The minimum atomic E-state index is -0.958. The molecule has 0 heterocycles. The van der Waals surface area contributed by atoms with Gasteiger partial charge in [-0.05, 0) is 18.2 Å². The minimum absolute atomic E-state index is 0.0642. The third kappa shape index (κ3) is 4.78. The van der Waals surface area contributed by atoms with Crippen molar-refractivity contribution < 1.29 is 15.0 Å². The van der Waals surface area contributed by atoms with Gasteiger partial charge in [-0.1, -0.05) is 36.0 Å². The Kier molecular flexibility index (Phi) is 6.35. The van der Waals surface area contributed by atoms with E-state index in [9.17, 15) is 15.0 Å². The molecule has 0 aliphatic carbocycles. The van der Waals surface area contributed by atoms with Crippen LogP contribution in [0.25, 0.3) is 0 Å². The van der Waals surface area contributed by atoms with Crippen LogP contribution in [-0.4, -0.2) is 34.2 Å². The molecule has 1 aromatic carbocycles. The Morgan fingerprint density at radius 1 is 1.33 bits per heavy atom. The Balaban J connectivity index is 2.59. The van der Waals surface area contributed by atoms with E-state index in [-0.39, 0.29) is 10.9 Å². The van der Waals surface area contributed by atoms with Gasteiger partial charge in [-0.2, -0.15) is 0 Å². The molecule has 0 spiro atoms. The zero-order chi connectivity index (χ0) is 13.5. The van der Waals surface area contributed by atoms with Crippen molar-refractivity contribution in [3.63, 3.8) is 0 Å². The molecule has 0 fully saturated rings. The van der Waals surface area contributed by atoms with Crippen LogP contribution in [0, 0.1) is 0 Å². The number of carbonyl (C=O) groups is 1. The van der Waals surface area contributed by atoms with Crippen LogP contribution in [0.1, 0.15) is 24.2 Å². The van der Waals surface area contributed by atoms with Crippen LogP contribution in [0.3, 0.4) is 0 Å². The monoisotopic (exact) mass is 269 g/mol. The molecule has 4 nitrogen and oxygen atoms in total. The van der Waals surface area contributed by atoms with E-state index in [0.29, 0.717) is 5.56 Å². The fraction of sp³-hybridized carbons (Fsp3) is 0.462. The predicted octanol–water partition coefficient (Wildman–Crippen LogP) is 1.08. The number of hydrogen-bond donors (Lipinski definition) is 3. The lowest BCUT2D eigenvalue weighted by atomic mass is 10.0. The smallest absolute Gasteiger partial charge is 0.185 e. The number of thioether (sulfide) groups is 1. The maximum Gasteiger partial charge on any atom is 0.185 e. The second-order valence-electron chi connectivity index (χ2n) is 4.09. The van der Waals surface area contributed by atoms with Crippen LogP contribution in [0.15, 0.2) is 24.3 Å². The second-order valence-corrected chi connectivity index (χ2v) is 5.28. The van der Waals surface area contributed by atoms with Crippen LogP contribution < -0.4 is 5.32 Å². The van der Waals surface area contributed by atoms with Crippen LogP contribution in [0.4, 0.5) is 0 Å². The highest BCUT2D eigenvalue weighted by molar-refractivity contribution is 8.13. The lowest BCUT2D eigenvalue weighted by Crippen LogP contribution is -2.21. The van der Waals surface area contributed by atoms with Gasteiger partial charge in [-0.3, -0.25) is 4.79 Å². The van der Waals surface area contributed by atoms with E-state index in [4.69, 9.17) is 0 Å². The highest BCUT2D eigenvalue weighted by atomic mass is 32.2. The van der Waals surface area contributed by atoms with Gasteiger partial charge in [0.15, 0.2) is 5.12 Å². The number of hydrogen-bond acceptors (Lipinski definition) is 5. The zero-order valence-corrected chi connectivity index (χ0v) is 11.4. The zero-order valence-electron chi connectivity index (χ0n) is 10.6. The average molecular weight is 269 g/mol. The van der Waals surface area contributed by atoms with Crippen molar-refractivity contribution in [3.8, 4) is 0 Å². The van der Waals surface area contributed by atoms with Crippen LogP contribution >= 0.6 is 11.8 Å². The van der Waals surface area contributed by atoms with E-state index in [2.05, 4.69) is 5.32 Å². The number of benzene rings is 1. The summed E-state index contributed by atoms with van der Waals surface area (Å²) in [7, 11) is 1.87. The Bertz CT molecular complexity index is 380. The second kappa shape index (κ2) is 7.53. The maximum absolute atomic E-state index is 10.8. The Morgan fingerprint density at radius 2 is 1.94 bits per heavy atom. The van der Waals surface area contributed by atoms with E-state index in [1.807, 2.05) is 19.2 Å². The van der Waals surface area contributed by atoms with Crippen molar-refractivity contribution in [1.29, 1.82) is 0 Å². The standard InChI is InChI=1S/C13H19NO3S/c1-9(15)18-8-12(16)13(17)11-5-3-10(4-6-11)7-14-2/h3-6,12-14,16-17H,7-8H2,1-2H3. The van der Waals surface area contributed by atoms with Gasteiger partial charge in [0.05, 0.1) is 6.10 Å². The summed E-state index contributed by atoms with van der Waals surface area (Å²) in [5.41, 5.74) is 1.77. The fourth-order valence-electron chi connectivity index (χ4n) is 1.55. The lowest BCUT2D eigenvalue weighted by molar-refractivity contribution is -0.109. The molecule has 2 atom stereocenters. The molecule has 0 radical (unpaired) electrons. The molecule has 0 aliphatic heterocycles. The van der Waals surface area contributed by atoms with E-state index in [1.165, 1.54) is 6.92 Å². The molecule has 0 aliphatic rings. The molecule has 1 rings (SSSR count). The molecule has 100 valence electrons. The van der Waals surface area contributed by atoms with E-state index >= 15 is 0 Å². The first kappa shape index (κ1) is 15.2. The number of aliphatic hydroxyl groups excluding tert-OH is 2. The molecule has 3 N–H and O–H groups in total. The maximum atomic E-state index is 10.8. The molecule has 5 heteroatoms. The number of carbonyl (C=O) groups excluding carboxylic acids is 1. The average Bonchev–Trinajstić information content (AvgIpc) is 2.36. The van der Waals surface area contributed by atoms with Gasteiger partial charge >= 0.3 is 0 Å². The predicted molar refractivity (Wildman–Crippen MR) is 73.3 cm³/mol. The summed E-state index contributed by atoms with van der Waals surface area (Å²) in [5.74, 6) is 0.203. The van der Waals surface area contributed by atoms with Crippen molar-refractivity contribution >= 4 is 16.9 Å². The molecule has 0 saturated heterocycles. The third-order valence-corrected chi connectivity index (χ3v) is 3.44. The lowest BCUT2D eigenvalue weighted by Gasteiger charge is -2.17. The first-order valence-corrected chi connectivity index (χ1v) is 6.76. The first-order chi connectivity index (χ1) is 8.54. The van der Waals surface area contributed by atoms with E-state index in [1.54, 1.807) is 12.1 Å². The van der Waals surface area contributed by atoms with Gasteiger partial charge in [0.25, 0.3) is 0 Å². The molecule has 1 aromatic rings. The summed E-state index contributed by atoms with van der Waals surface area (Å²) < 4.78 is 0. The molecular formula is C13H19NO3S. The minimum Gasteiger partial charge on any atom is -0.389 e. The first-order valence-electron chi connectivity index (χ1n) is 5.77. The fourth-order valence-corrected chi connectivity index (χ4v) is 2.14. The topological polar surface area (TPSA) is 69.6 Å². The van der Waals surface area contributed by atoms with Crippen LogP contribution in [-0.2, 0) is 11.3 Å². The summed E-state index contributed by atoms with van der Waals surface area (Å²) in [4.78, 5) is 10.8. The summed E-state index contributed by atoms with van der Waals surface area (Å²) in [5, 5.41) is 22.7. The summed E-state index contributed by atoms with van der Waals surface area (Å²) >= 11 is 1.01. The normalized spacial score (nSPS) is 14.2. The van der Waals surface area contributed by atoms with Gasteiger partial charge < -0.3 is 15.5 Å². The van der Waals surface area contributed by atoms with Crippen LogP contribution in [0.2, 0.25) is 0 Å². The summed E-state index contributed by atoms with van der Waals surface area (Å²) in [6, 6.07) is 7.39. The third-order valence-electron chi connectivity index (χ3n) is 2.52. The summed E-state index contributed by atoms with van der Waals surface area (Å²) in [6.45, 7) is 2.20. The molecule has 2 unspecified atom stereocenters. The number of aliphatic hydroxyl groups is 2. The Morgan fingerprint density at radius 3 is 2.44 bits per heavy atom. The van der Waals surface area contributed by atoms with Crippen LogP contribution in [0.5, 0.6) is 0 Å². The molecule has 0 amide bonds. The molecule has 0 bridgehead atoms. The van der Waals surface area contributed by atoms with Gasteiger partial charge in [-0.25, -0.2) is 0 Å². The highest BCUT2D eigenvalue weighted by Gasteiger charge is 2.18. The SMILES string of the molecule is CNCc1ccc(C(O)C(O)CSC(C)=O)cc1. The molecule has 0 aromatic heterocycles. The molecule has 0 saturated carbocycles. The quantitative estimate of drug-likeness (QED) is 0.721. The van der Waals surface area contributed by atoms with E-state index in [0.717, 1.165) is 23.9 Å². The van der Waals surface area contributed by atoms with Gasteiger partial charge in [0, 0.05) is 19.2 Å². The van der Waals surface area contributed by atoms with Crippen molar-refractivity contribution in [2.45, 2.75) is 25.7 Å². The van der Waals surface area contributed by atoms with E-state index < -0.39 is 12.2 Å². The Labute approximate surface area is 111 Å².